The van der Waals surface area contributed by atoms with Crippen molar-refractivity contribution in [3.05, 3.63) is 3.95 Å². The molecule has 0 atom stereocenters. The average Bonchev–Trinajstić information content (AvgIpc) is 1.98. The molecule has 1 aromatic heterocycles. The normalized spacial score (nSPS) is 10.1. The molecule has 0 bridgehead atoms. The zero-order valence-corrected chi connectivity index (χ0v) is 8.08. The van der Waals surface area contributed by atoms with Gasteiger partial charge in [0.25, 0.3) is 0 Å². The zero-order chi connectivity index (χ0) is 7.02. The summed E-state index contributed by atoms with van der Waals surface area (Å²) in [5.41, 5.74) is 0. The summed E-state index contributed by atoms with van der Waals surface area (Å²) < 4.78 is 3.52. The summed E-state index contributed by atoms with van der Waals surface area (Å²) in [5.74, 6) is 0. The third-order valence-corrected chi connectivity index (χ3v) is 3.66. The smallest absolute Gasteiger partial charge is 0.162 e. The molecule has 0 aromatic carbocycles. The first-order valence-electron chi connectivity index (χ1n) is 2.20. The van der Waals surface area contributed by atoms with Crippen molar-refractivity contribution in [2.45, 2.75) is 9.24 Å². The fraction of sp³-hybridized carbons (Fsp3) is 0.250. The van der Waals surface area contributed by atoms with Crippen LogP contribution in [0.2, 0.25) is 0 Å². The van der Waals surface area contributed by atoms with Crippen LogP contribution < -0.4 is 0 Å². The molecule has 0 spiro atoms. The molecule has 0 aliphatic rings. The minimum atomic E-state index is 0.810. The van der Waals surface area contributed by atoms with Gasteiger partial charge in [0, 0.05) is 7.05 Å². The van der Waals surface area contributed by atoms with E-state index in [1.807, 2.05) is 11.6 Å². The van der Waals surface area contributed by atoms with Crippen LogP contribution in [0.1, 0.15) is 0 Å². The molecular formula is C4H5NS4. The quantitative estimate of drug-likeness (QED) is 0.476. The van der Waals surface area contributed by atoms with Crippen molar-refractivity contribution in [3.8, 4) is 0 Å². The standard InChI is InChI=1S/C4H5NS4/c1-5-2(6)3(7)9-4(5)8/h6-7H,1H3. The monoisotopic (exact) mass is 195 g/mol. The molecule has 0 saturated carbocycles. The van der Waals surface area contributed by atoms with Crippen LogP contribution in [0.4, 0.5) is 0 Å². The lowest BCUT2D eigenvalue weighted by Gasteiger charge is -1.90. The fourth-order valence-corrected chi connectivity index (χ4v) is 2.36. The van der Waals surface area contributed by atoms with E-state index in [0.717, 1.165) is 13.2 Å². The number of nitrogens with zero attached hydrogens (tertiary/aromatic N) is 1. The Kier molecular flexibility index (Phi) is 2.26. The number of rotatable bonds is 0. The first-order chi connectivity index (χ1) is 4.13. The van der Waals surface area contributed by atoms with E-state index in [1.54, 1.807) is 0 Å². The Bertz CT molecular complexity index is 271. The van der Waals surface area contributed by atoms with Crippen molar-refractivity contribution in [3.63, 3.8) is 0 Å². The topological polar surface area (TPSA) is 4.93 Å². The van der Waals surface area contributed by atoms with E-state index < -0.39 is 0 Å². The van der Waals surface area contributed by atoms with Gasteiger partial charge in [-0.25, -0.2) is 0 Å². The van der Waals surface area contributed by atoms with E-state index in [0.29, 0.717) is 0 Å². The molecule has 5 heteroatoms. The van der Waals surface area contributed by atoms with Gasteiger partial charge in [-0.3, -0.25) is 0 Å². The van der Waals surface area contributed by atoms with Crippen LogP contribution in [0.3, 0.4) is 0 Å². The largest absolute Gasteiger partial charge is 0.321 e. The van der Waals surface area contributed by atoms with Crippen LogP contribution in [0, 0.1) is 3.95 Å². The molecule has 1 aromatic rings. The fourth-order valence-electron chi connectivity index (χ4n) is 0.427. The second-order valence-electron chi connectivity index (χ2n) is 1.56. The number of thiol groups is 2. The Balaban J connectivity index is 3.47. The number of hydrogen-bond acceptors (Lipinski definition) is 4. The van der Waals surface area contributed by atoms with Gasteiger partial charge >= 0.3 is 0 Å². The maximum Gasteiger partial charge on any atom is 0.162 e. The summed E-state index contributed by atoms with van der Waals surface area (Å²) in [5, 5.41) is 0.841. The lowest BCUT2D eigenvalue weighted by molar-refractivity contribution is 0.802. The summed E-state index contributed by atoms with van der Waals surface area (Å²) in [6, 6.07) is 0. The van der Waals surface area contributed by atoms with Crippen molar-refractivity contribution >= 4 is 48.8 Å². The lowest BCUT2D eigenvalue weighted by atomic mass is 10.9. The van der Waals surface area contributed by atoms with Crippen LogP contribution in [0.25, 0.3) is 0 Å². The highest BCUT2D eigenvalue weighted by Gasteiger charge is 2.00. The third kappa shape index (κ3) is 1.34. The van der Waals surface area contributed by atoms with Gasteiger partial charge in [-0.2, -0.15) is 0 Å². The molecule has 0 amide bonds. The molecule has 0 unspecified atom stereocenters. The van der Waals surface area contributed by atoms with E-state index in [-0.39, 0.29) is 0 Å². The van der Waals surface area contributed by atoms with Crippen molar-refractivity contribution in [2.24, 2.45) is 7.05 Å². The lowest BCUT2D eigenvalue weighted by Crippen LogP contribution is -1.85. The van der Waals surface area contributed by atoms with E-state index >= 15 is 0 Å². The Labute approximate surface area is 73.5 Å². The van der Waals surface area contributed by atoms with E-state index in [4.69, 9.17) is 12.2 Å². The molecule has 0 radical (unpaired) electrons. The summed E-state index contributed by atoms with van der Waals surface area (Å²) in [6.45, 7) is 0. The van der Waals surface area contributed by atoms with E-state index in [2.05, 4.69) is 25.3 Å². The molecule has 1 nitrogen and oxygen atoms in total. The minimum Gasteiger partial charge on any atom is -0.321 e. The van der Waals surface area contributed by atoms with Crippen LogP contribution >= 0.6 is 48.8 Å². The van der Waals surface area contributed by atoms with Gasteiger partial charge in [-0.05, 0) is 12.2 Å². The van der Waals surface area contributed by atoms with E-state index in [1.165, 1.54) is 11.3 Å². The third-order valence-electron chi connectivity index (χ3n) is 0.967. The van der Waals surface area contributed by atoms with Gasteiger partial charge in [-0.1, -0.05) is 11.3 Å². The highest BCUT2D eigenvalue weighted by atomic mass is 32.2. The van der Waals surface area contributed by atoms with Crippen molar-refractivity contribution in [1.82, 2.24) is 4.57 Å². The predicted molar refractivity (Wildman–Crippen MR) is 48.6 cm³/mol. The second kappa shape index (κ2) is 2.65. The SMILES string of the molecule is Cn1c(S)c(S)sc1=S. The molecule has 0 N–H and O–H groups in total. The summed E-state index contributed by atoms with van der Waals surface area (Å²) in [4.78, 5) is 0. The molecule has 1 rings (SSSR count). The number of hydrogen-bond donors (Lipinski definition) is 2. The Hall–Kier alpha value is 0.550. The van der Waals surface area contributed by atoms with Gasteiger partial charge in [0.1, 0.15) is 0 Å². The van der Waals surface area contributed by atoms with Crippen molar-refractivity contribution in [1.29, 1.82) is 0 Å². The highest BCUT2D eigenvalue weighted by Crippen LogP contribution is 2.24. The summed E-state index contributed by atoms with van der Waals surface area (Å²) in [7, 11) is 1.88. The minimum absolute atomic E-state index is 0.810. The van der Waals surface area contributed by atoms with Crippen LogP contribution in [0.15, 0.2) is 9.24 Å². The Morgan fingerprint density at radius 2 is 2.11 bits per heavy atom. The highest BCUT2D eigenvalue weighted by molar-refractivity contribution is 7.85. The van der Waals surface area contributed by atoms with Crippen LogP contribution in [-0.4, -0.2) is 4.57 Å². The molecule has 0 aliphatic carbocycles. The molecule has 0 saturated heterocycles. The molecule has 0 fully saturated rings. The van der Waals surface area contributed by atoms with Crippen molar-refractivity contribution < 1.29 is 0 Å². The first-order valence-corrected chi connectivity index (χ1v) is 4.32. The molecular weight excluding hydrogens is 190 g/mol. The zero-order valence-electron chi connectivity index (χ0n) is 4.66. The molecule has 9 heavy (non-hydrogen) atoms. The summed E-state index contributed by atoms with van der Waals surface area (Å²) >= 11 is 14.7. The first kappa shape index (κ1) is 7.65. The van der Waals surface area contributed by atoms with Crippen LogP contribution in [0.5, 0.6) is 0 Å². The Morgan fingerprint density at radius 3 is 2.22 bits per heavy atom. The molecule has 0 aliphatic heterocycles. The van der Waals surface area contributed by atoms with E-state index in [9.17, 15) is 0 Å². The van der Waals surface area contributed by atoms with Gasteiger partial charge in [0.05, 0.1) is 9.24 Å². The maximum absolute atomic E-state index is 4.95. The van der Waals surface area contributed by atoms with Gasteiger partial charge in [-0.15, -0.1) is 25.3 Å². The average molecular weight is 195 g/mol. The van der Waals surface area contributed by atoms with Crippen molar-refractivity contribution in [2.75, 3.05) is 0 Å². The van der Waals surface area contributed by atoms with Gasteiger partial charge in [0.15, 0.2) is 3.95 Å². The maximum atomic E-state index is 4.95. The number of thiazole rings is 1. The van der Waals surface area contributed by atoms with Gasteiger partial charge in [0.2, 0.25) is 0 Å². The predicted octanol–water partition coefficient (Wildman–Crippen LogP) is 2.39. The van der Waals surface area contributed by atoms with Crippen LogP contribution in [-0.2, 0) is 7.05 Å². The summed E-state index contributed by atoms with van der Waals surface area (Å²) in [6.07, 6.45) is 0. The molecule has 50 valence electrons. The second-order valence-corrected chi connectivity index (χ2v) is 4.37. The number of aromatic nitrogens is 1. The molecule has 1 heterocycles. The van der Waals surface area contributed by atoms with Gasteiger partial charge < -0.3 is 4.57 Å². The Morgan fingerprint density at radius 1 is 1.56 bits per heavy atom.